The summed E-state index contributed by atoms with van der Waals surface area (Å²) >= 11 is 2.53. The summed E-state index contributed by atoms with van der Waals surface area (Å²) in [5.74, 6) is 1.51. The number of nitrogens with one attached hydrogen (secondary N) is 1. The smallest absolute Gasteiger partial charge is 0.341 e. The first-order chi connectivity index (χ1) is 18.9. The van der Waals surface area contributed by atoms with Gasteiger partial charge in [-0.15, -0.1) is 21.5 Å². The molecule has 9 nitrogen and oxygen atoms in total. The van der Waals surface area contributed by atoms with Crippen LogP contribution in [0.2, 0.25) is 0 Å². The summed E-state index contributed by atoms with van der Waals surface area (Å²) in [6.45, 7) is 2.82. The van der Waals surface area contributed by atoms with Gasteiger partial charge in [-0.05, 0) is 48.4 Å². The second kappa shape index (κ2) is 13.3. The molecule has 0 aliphatic heterocycles. The second-order valence-corrected chi connectivity index (χ2v) is 10.3. The van der Waals surface area contributed by atoms with Crippen LogP contribution in [0, 0.1) is 0 Å². The highest BCUT2D eigenvalue weighted by molar-refractivity contribution is 7.99. The Balaban J connectivity index is 1.42. The molecule has 0 bridgehead atoms. The Bertz CT molecular complexity index is 1410. The van der Waals surface area contributed by atoms with Gasteiger partial charge in [-0.3, -0.25) is 4.79 Å². The van der Waals surface area contributed by atoms with Crippen LogP contribution in [-0.4, -0.2) is 53.2 Å². The van der Waals surface area contributed by atoms with Gasteiger partial charge in [-0.1, -0.05) is 37.2 Å². The molecular formula is C28H30N4O5S2. The van der Waals surface area contributed by atoms with E-state index < -0.39 is 5.97 Å². The van der Waals surface area contributed by atoms with Crippen molar-refractivity contribution in [1.82, 2.24) is 14.8 Å². The summed E-state index contributed by atoms with van der Waals surface area (Å²) in [4.78, 5) is 25.5. The number of carbonyl (C=O) groups excluding carboxylic acids is 2. The van der Waals surface area contributed by atoms with E-state index in [1.165, 1.54) is 30.2 Å². The Morgan fingerprint density at radius 2 is 1.69 bits per heavy atom. The average molecular weight is 567 g/mol. The number of unbranched alkanes of at least 4 members (excludes halogenated alkanes) is 1. The average Bonchev–Trinajstić information content (AvgIpc) is 3.55. The summed E-state index contributed by atoms with van der Waals surface area (Å²) in [7, 11) is 4.77. The van der Waals surface area contributed by atoms with Gasteiger partial charge in [0.25, 0.3) is 0 Å². The SMILES string of the molecule is CCCCOc1ccc(-c2nnc(SCC(=O)Nc3scc(-c4ccc(OC)cc4)c3C(=O)OC)n2C)cc1. The fraction of sp³-hybridized carbons (Fsp3) is 0.286. The topological polar surface area (TPSA) is 105 Å². The van der Waals surface area contributed by atoms with Crippen molar-refractivity contribution in [2.45, 2.75) is 24.9 Å². The molecule has 2 aromatic carbocycles. The van der Waals surface area contributed by atoms with Crippen LogP contribution in [0.25, 0.3) is 22.5 Å². The molecule has 2 aromatic heterocycles. The van der Waals surface area contributed by atoms with E-state index >= 15 is 0 Å². The predicted molar refractivity (Wildman–Crippen MR) is 154 cm³/mol. The van der Waals surface area contributed by atoms with Crippen molar-refractivity contribution in [3.63, 3.8) is 0 Å². The first-order valence-electron chi connectivity index (χ1n) is 12.3. The van der Waals surface area contributed by atoms with Gasteiger partial charge in [0.2, 0.25) is 5.91 Å². The van der Waals surface area contributed by atoms with E-state index in [9.17, 15) is 9.59 Å². The van der Waals surface area contributed by atoms with Crippen LogP contribution in [0.1, 0.15) is 30.1 Å². The van der Waals surface area contributed by atoms with Crippen molar-refractivity contribution in [2.75, 3.05) is 31.9 Å². The minimum atomic E-state index is -0.523. The lowest BCUT2D eigenvalue weighted by atomic mass is 10.0. The van der Waals surface area contributed by atoms with Crippen LogP contribution >= 0.6 is 23.1 Å². The maximum absolute atomic E-state index is 12.8. The first kappa shape index (κ1) is 28.2. The third kappa shape index (κ3) is 6.79. The lowest BCUT2D eigenvalue weighted by Crippen LogP contribution is -2.16. The fourth-order valence-electron chi connectivity index (χ4n) is 3.76. The number of nitrogens with zero attached hydrogens (tertiary/aromatic N) is 3. The molecule has 0 fully saturated rings. The molecule has 0 saturated carbocycles. The lowest BCUT2D eigenvalue weighted by molar-refractivity contribution is -0.113. The summed E-state index contributed by atoms with van der Waals surface area (Å²) in [6, 6.07) is 15.1. The third-order valence-corrected chi connectivity index (χ3v) is 7.80. The molecule has 0 saturated heterocycles. The minimum absolute atomic E-state index is 0.0898. The van der Waals surface area contributed by atoms with Crippen molar-refractivity contribution >= 4 is 40.0 Å². The number of carbonyl (C=O) groups is 2. The zero-order valence-corrected chi connectivity index (χ0v) is 23.9. The number of hydrogen-bond donors (Lipinski definition) is 1. The Labute approximate surface area is 235 Å². The molecule has 0 unspecified atom stereocenters. The third-order valence-electron chi connectivity index (χ3n) is 5.88. The quantitative estimate of drug-likeness (QED) is 0.128. The number of esters is 1. The molecule has 4 rings (SSSR count). The molecule has 0 spiro atoms. The Hall–Kier alpha value is -3.83. The van der Waals surface area contributed by atoms with Gasteiger partial charge in [-0.2, -0.15) is 0 Å². The lowest BCUT2D eigenvalue weighted by Gasteiger charge is -2.09. The molecule has 1 amide bonds. The fourth-order valence-corrected chi connectivity index (χ4v) is 5.44. The van der Waals surface area contributed by atoms with E-state index in [2.05, 4.69) is 22.4 Å². The van der Waals surface area contributed by atoms with Gasteiger partial charge >= 0.3 is 5.97 Å². The van der Waals surface area contributed by atoms with E-state index in [-0.39, 0.29) is 11.7 Å². The highest BCUT2D eigenvalue weighted by Crippen LogP contribution is 2.37. The molecular weight excluding hydrogens is 536 g/mol. The second-order valence-electron chi connectivity index (χ2n) is 8.50. The van der Waals surface area contributed by atoms with Crippen LogP contribution in [-0.2, 0) is 16.6 Å². The first-order valence-corrected chi connectivity index (χ1v) is 14.2. The van der Waals surface area contributed by atoms with Crippen LogP contribution in [0.5, 0.6) is 11.5 Å². The highest BCUT2D eigenvalue weighted by atomic mass is 32.2. The number of hydrogen-bond acceptors (Lipinski definition) is 9. The van der Waals surface area contributed by atoms with Crippen LogP contribution in [0.3, 0.4) is 0 Å². The van der Waals surface area contributed by atoms with Crippen molar-refractivity contribution < 1.29 is 23.8 Å². The number of ether oxygens (including phenoxy) is 3. The number of benzene rings is 2. The zero-order valence-electron chi connectivity index (χ0n) is 22.2. The number of thioether (sulfide) groups is 1. The summed E-state index contributed by atoms with van der Waals surface area (Å²) in [5, 5.41) is 14.3. The van der Waals surface area contributed by atoms with Crippen molar-refractivity contribution in [3.05, 3.63) is 59.5 Å². The minimum Gasteiger partial charge on any atom is -0.497 e. The van der Waals surface area contributed by atoms with Gasteiger partial charge in [0, 0.05) is 23.6 Å². The number of methoxy groups -OCH3 is 2. The zero-order chi connectivity index (χ0) is 27.8. The largest absolute Gasteiger partial charge is 0.497 e. The Morgan fingerprint density at radius 1 is 1.00 bits per heavy atom. The maximum atomic E-state index is 12.8. The summed E-state index contributed by atoms with van der Waals surface area (Å²) < 4.78 is 17.8. The van der Waals surface area contributed by atoms with E-state index in [1.54, 1.807) is 7.11 Å². The Kier molecular flexibility index (Phi) is 9.61. The summed E-state index contributed by atoms with van der Waals surface area (Å²) in [5.41, 5.74) is 2.71. The van der Waals surface area contributed by atoms with Crippen LogP contribution in [0.15, 0.2) is 59.1 Å². The molecule has 2 heterocycles. The van der Waals surface area contributed by atoms with Gasteiger partial charge in [0.05, 0.1) is 26.6 Å². The van der Waals surface area contributed by atoms with E-state index in [0.29, 0.717) is 39.5 Å². The highest BCUT2D eigenvalue weighted by Gasteiger charge is 2.23. The normalized spacial score (nSPS) is 10.8. The van der Waals surface area contributed by atoms with Crippen LogP contribution < -0.4 is 14.8 Å². The van der Waals surface area contributed by atoms with Crippen molar-refractivity contribution in [2.24, 2.45) is 7.05 Å². The van der Waals surface area contributed by atoms with Gasteiger partial charge in [0.1, 0.15) is 22.1 Å². The van der Waals surface area contributed by atoms with Crippen molar-refractivity contribution in [1.29, 1.82) is 0 Å². The van der Waals surface area contributed by atoms with Crippen molar-refractivity contribution in [3.8, 4) is 34.0 Å². The van der Waals surface area contributed by atoms with E-state index in [1.807, 2.05) is 65.5 Å². The monoisotopic (exact) mass is 566 g/mol. The number of thiophene rings is 1. The van der Waals surface area contributed by atoms with Gasteiger partial charge in [-0.25, -0.2) is 4.79 Å². The van der Waals surface area contributed by atoms with Gasteiger partial charge < -0.3 is 24.1 Å². The van der Waals surface area contributed by atoms with E-state index in [4.69, 9.17) is 14.2 Å². The molecule has 1 N–H and O–H groups in total. The molecule has 4 aromatic rings. The molecule has 0 aliphatic carbocycles. The standard InChI is InChI=1S/C28H30N4O5S2/c1-5-6-15-37-21-13-9-19(10-14-21)25-30-31-28(32(25)2)39-17-23(33)29-26-24(27(34)36-4)22(16-38-26)18-7-11-20(35-3)12-8-18/h7-14,16H,5-6,15,17H2,1-4H3,(H,29,33). The molecule has 39 heavy (non-hydrogen) atoms. The number of rotatable bonds is 12. The summed E-state index contributed by atoms with van der Waals surface area (Å²) in [6.07, 6.45) is 2.10. The predicted octanol–water partition coefficient (Wildman–Crippen LogP) is 5.92. The number of aromatic nitrogens is 3. The molecule has 204 valence electrons. The molecule has 0 atom stereocenters. The van der Waals surface area contributed by atoms with E-state index in [0.717, 1.165) is 29.7 Å². The molecule has 11 heteroatoms. The Morgan fingerprint density at radius 3 is 2.36 bits per heavy atom. The molecule has 0 radical (unpaired) electrons. The number of amides is 1. The number of anilines is 1. The van der Waals surface area contributed by atoms with Gasteiger partial charge in [0.15, 0.2) is 11.0 Å². The van der Waals surface area contributed by atoms with Crippen LogP contribution in [0.4, 0.5) is 5.00 Å². The molecule has 0 aliphatic rings. The maximum Gasteiger partial charge on any atom is 0.341 e.